The highest BCUT2D eigenvalue weighted by atomic mass is 16.5. The zero-order valence-corrected chi connectivity index (χ0v) is 19.2. The third-order valence-electron chi connectivity index (χ3n) is 5.77. The first-order valence-electron chi connectivity index (χ1n) is 9.82. The van der Waals surface area contributed by atoms with E-state index in [9.17, 15) is 5.11 Å². The van der Waals surface area contributed by atoms with Gasteiger partial charge in [-0.05, 0) is 42.2 Å². The summed E-state index contributed by atoms with van der Waals surface area (Å²) in [4.78, 5) is 0. The highest BCUT2D eigenvalue weighted by molar-refractivity contribution is 5.89. The van der Waals surface area contributed by atoms with Crippen LogP contribution in [0.15, 0.2) is 24.3 Å². The van der Waals surface area contributed by atoms with Crippen LogP contribution in [0, 0.1) is 0 Å². The fourth-order valence-electron chi connectivity index (χ4n) is 4.16. The van der Waals surface area contributed by atoms with Gasteiger partial charge < -0.3 is 33.5 Å². The van der Waals surface area contributed by atoms with Crippen LogP contribution in [0.25, 0.3) is 11.1 Å². The van der Waals surface area contributed by atoms with Gasteiger partial charge >= 0.3 is 0 Å². The van der Waals surface area contributed by atoms with Crippen LogP contribution in [-0.2, 0) is 12.8 Å². The van der Waals surface area contributed by atoms with Crippen LogP contribution in [-0.4, -0.2) is 53.4 Å². The van der Waals surface area contributed by atoms with Gasteiger partial charge in [-0.3, -0.25) is 0 Å². The molecule has 7 heteroatoms. The lowest BCUT2D eigenvalue weighted by Crippen LogP contribution is -2.32. The van der Waals surface area contributed by atoms with E-state index < -0.39 is 5.60 Å². The molecule has 0 fully saturated rings. The topological polar surface area (TPSA) is 75.6 Å². The maximum Gasteiger partial charge on any atom is 0.203 e. The summed E-state index contributed by atoms with van der Waals surface area (Å²) in [5, 5.41) is 11.2. The first kappa shape index (κ1) is 22.6. The van der Waals surface area contributed by atoms with Crippen LogP contribution >= 0.6 is 0 Å². The maximum absolute atomic E-state index is 11.2. The van der Waals surface area contributed by atoms with Crippen LogP contribution in [0.3, 0.4) is 0 Å². The minimum absolute atomic E-state index is 0.300. The third kappa shape index (κ3) is 3.63. The third-order valence-corrected chi connectivity index (χ3v) is 5.77. The van der Waals surface area contributed by atoms with Crippen molar-refractivity contribution in [1.29, 1.82) is 0 Å². The molecule has 2 aromatic carbocycles. The van der Waals surface area contributed by atoms with Crippen molar-refractivity contribution in [3.63, 3.8) is 0 Å². The number of hydrogen-bond donors (Lipinski definition) is 1. The van der Waals surface area contributed by atoms with E-state index in [0.29, 0.717) is 52.9 Å². The molecule has 2 aromatic rings. The van der Waals surface area contributed by atoms with Gasteiger partial charge in [0.15, 0.2) is 23.0 Å². The summed E-state index contributed by atoms with van der Waals surface area (Å²) in [6, 6.07) is 3.73. The average molecular weight is 430 g/mol. The average Bonchev–Trinajstić information content (AvgIpc) is 2.76. The van der Waals surface area contributed by atoms with E-state index in [1.54, 1.807) is 49.6 Å². The number of rotatable bonds is 6. The van der Waals surface area contributed by atoms with Crippen molar-refractivity contribution in [1.82, 2.24) is 0 Å². The Morgan fingerprint density at radius 2 is 1.13 bits per heavy atom. The molecule has 0 aromatic heterocycles. The number of hydrogen-bond acceptors (Lipinski definition) is 7. The van der Waals surface area contributed by atoms with Crippen molar-refractivity contribution in [2.75, 3.05) is 42.7 Å². The largest absolute Gasteiger partial charge is 0.493 e. The molecule has 0 saturated carbocycles. The summed E-state index contributed by atoms with van der Waals surface area (Å²) in [7, 11) is 9.40. The predicted octanol–water partition coefficient (Wildman–Crippen LogP) is 3.81. The number of methoxy groups -OCH3 is 6. The van der Waals surface area contributed by atoms with Crippen molar-refractivity contribution in [2.24, 2.45) is 0 Å². The Labute approximate surface area is 183 Å². The Morgan fingerprint density at radius 3 is 1.55 bits per heavy atom. The molecule has 1 atom stereocenters. The highest BCUT2D eigenvalue weighted by Gasteiger charge is 2.36. The molecule has 1 aliphatic carbocycles. The fourth-order valence-corrected chi connectivity index (χ4v) is 4.16. The van der Waals surface area contributed by atoms with E-state index in [2.05, 4.69) is 6.58 Å². The Kier molecular flexibility index (Phi) is 6.27. The second-order valence-electron chi connectivity index (χ2n) is 7.59. The van der Waals surface area contributed by atoms with Crippen LogP contribution in [0.4, 0.5) is 0 Å². The minimum atomic E-state index is -1.16. The first-order chi connectivity index (χ1) is 14.8. The van der Waals surface area contributed by atoms with Gasteiger partial charge in [0.05, 0.1) is 48.3 Å². The van der Waals surface area contributed by atoms with Gasteiger partial charge in [-0.15, -0.1) is 0 Å². The van der Waals surface area contributed by atoms with Crippen molar-refractivity contribution in [3.05, 3.63) is 35.4 Å². The lowest BCUT2D eigenvalue weighted by Gasteiger charge is -2.33. The molecule has 0 spiro atoms. The molecule has 3 rings (SSSR count). The Balaban J connectivity index is 2.56. The lowest BCUT2D eigenvalue weighted by molar-refractivity contribution is 0.0967. The number of ether oxygens (including phenoxy) is 6. The summed E-state index contributed by atoms with van der Waals surface area (Å²) in [6.07, 6.45) is 0.713. The molecule has 168 valence electrons. The first-order valence-corrected chi connectivity index (χ1v) is 9.82. The van der Waals surface area contributed by atoms with E-state index in [-0.39, 0.29) is 0 Å². The van der Waals surface area contributed by atoms with Gasteiger partial charge in [0.2, 0.25) is 11.5 Å². The Hall–Kier alpha value is -3.06. The summed E-state index contributed by atoms with van der Waals surface area (Å²) in [5.41, 5.74) is 2.67. The predicted molar refractivity (Wildman–Crippen MR) is 118 cm³/mol. The van der Waals surface area contributed by atoms with E-state index >= 15 is 0 Å². The molecule has 0 bridgehead atoms. The summed E-state index contributed by atoms with van der Waals surface area (Å²) in [6.45, 7) is 5.92. The van der Waals surface area contributed by atoms with Crippen LogP contribution in [0.1, 0.15) is 18.1 Å². The molecule has 0 saturated heterocycles. The van der Waals surface area contributed by atoms with Gasteiger partial charge in [0.25, 0.3) is 0 Å². The van der Waals surface area contributed by atoms with Crippen molar-refractivity contribution < 1.29 is 33.5 Å². The molecule has 7 nitrogen and oxygen atoms in total. The summed E-state index contributed by atoms with van der Waals surface area (Å²) in [5.74, 6) is 2.91. The van der Waals surface area contributed by atoms with E-state index in [4.69, 9.17) is 28.4 Å². The quantitative estimate of drug-likeness (QED) is 0.699. The van der Waals surface area contributed by atoms with E-state index in [1.165, 1.54) is 0 Å². The number of aliphatic hydroxyl groups is 1. The van der Waals surface area contributed by atoms with Crippen LogP contribution in [0.2, 0.25) is 0 Å². The molecule has 1 N–H and O–H groups in total. The molecule has 1 aliphatic rings. The van der Waals surface area contributed by atoms with Crippen LogP contribution in [0.5, 0.6) is 34.5 Å². The molecule has 0 heterocycles. The van der Waals surface area contributed by atoms with Gasteiger partial charge in [-0.2, -0.15) is 0 Å². The Bertz CT molecular complexity index is 1010. The molecule has 0 aliphatic heterocycles. The molecule has 0 unspecified atom stereocenters. The second-order valence-corrected chi connectivity index (χ2v) is 7.59. The monoisotopic (exact) mass is 430 g/mol. The minimum Gasteiger partial charge on any atom is -0.493 e. The maximum atomic E-state index is 11.2. The van der Waals surface area contributed by atoms with Gasteiger partial charge in [-0.1, -0.05) is 6.58 Å². The standard InChI is InChI=1S/C24H30O7/c1-13-9-14-10-16(26-3)20(28-5)22(30-7)18(14)19-15(12-24(13,2)25)11-17(27-4)21(29-6)23(19)31-8/h10-11,25H,1,9,12H2,2-8H3/t24-/m1/s1. The van der Waals surface area contributed by atoms with Gasteiger partial charge in [-0.25, -0.2) is 0 Å². The fraction of sp³-hybridized carbons (Fsp3) is 0.417. The van der Waals surface area contributed by atoms with Crippen molar-refractivity contribution in [3.8, 4) is 45.6 Å². The molecule has 0 radical (unpaired) electrons. The summed E-state index contributed by atoms with van der Waals surface area (Å²) < 4.78 is 34.0. The lowest BCUT2D eigenvalue weighted by atomic mass is 9.78. The van der Waals surface area contributed by atoms with E-state index in [0.717, 1.165) is 22.3 Å². The second kappa shape index (κ2) is 8.59. The zero-order chi connectivity index (χ0) is 22.9. The van der Waals surface area contributed by atoms with Gasteiger partial charge in [0.1, 0.15) is 0 Å². The molecular weight excluding hydrogens is 400 g/mol. The molecular formula is C24H30O7. The smallest absolute Gasteiger partial charge is 0.203 e. The molecule has 0 amide bonds. The number of fused-ring (bicyclic) bond motifs is 3. The van der Waals surface area contributed by atoms with E-state index in [1.807, 2.05) is 12.1 Å². The SMILES string of the molecule is C=C1Cc2cc(OC)c(OC)c(OC)c2-c2c(cc(OC)c(OC)c2OC)C[C@@]1(C)O. The summed E-state index contributed by atoms with van der Waals surface area (Å²) >= 11 is 0. The Morgan fingerprint density at radius 1 is 0.710 bits per heavy atom. The molecule has 31 heavy (non-hydrogen) atoms. The van der Waals surface area contributed by atoms with Crippen molar-refractivity contribution in [2.45, 2.75) is 25.4 Å². The van der Waals surface area contributed by atoms with Crippen molar-refractivity contribution >= 4 is 0 Å². The van der Waals surface area contributed by atoms with Crippen LogP contribution < -0.4 is 28.4 Å². The normalized spacial score (nSPS) is 17.6. The zero-order valence-electron chi connectivity index (χ0n) is 19.2. The highest BCUT2D eigenvalue weighted by Crippen LogP contribution is 2.55. The number of benzene rings is 2. The van der Waals surface area contributed by atoms with Gasteiger partial charge in [0, 0.05) is 17.5 Å².